The first kappa shape index (κ1) is 11.5. The maximum atomic E-state index is 12.1. The Bertz CT molecular complexity index is 363. The predicted molar refractivity (Wildman–Crippen MR) is 53.1 cm³/mol. The van der Waals surface area contributed by atoms with Gasteiger partial charge in [-0.2, -0.15) is 13.2 Å². The monoisotopic (exact) mass is 213 g/mol. The highest BCUT2D eigenvalue weighted by Gasteiger charge is 2.29. The summed E-state index contributed by atoms with van der Waals surface area (Å²) in [6, 6.07) is 3.49. The van der Waals surface area contributed by atoms with Crippen molar-refractivity contribution in [2.45, 2.75) is 13.1 Å². The lowest BCUT2D eigenvalue weighted by atomic mass is 10.2. The van der Waals surface area contributed by atoms with Gasteiger partial charge in [0.1, 0.15) is 0 Å². The number of allylic oxidation sites excluding steroid dienone is 3. The summed E-state index contributed by atoms with van der Waals surface area (Å²) in [5.74, 6) is 0. The molecule has 1 aromatic rings. The maximum absolute atomic E-state index is 12.1. The molecular formula is C11H10F3N. The van der Waals surface area contributed by atoms with Crippen molar-refractivity contribution in [2.24, 2.45) is 0 Å². The molecule has 4 heteroatoms. The van der Waals surface area contributed by atoms with Crippen molar-refractivity contribution in [1.82, 2.24) is 4.98 Å². The van der Waals surface area contributed by atoms with Gasteiger partial charge in [0.25, 0.3) is 0 Å². The van der Waals surface area contributed by atoms with Gasteiger partial charge < -0.3 is 0 Å². The van der Waals surface area contributed by atoms with Crippen molar-refractivity contribution < 1.29 is 13.2 Å². The first-order valence-corrected chi connectivity index (χ1v) is 4.32. The summed E-state index contributed by atoms with van der Waals surface area (Å²) in [4.78, 5) is 3.84. The number of nitrogens with zero attached hydrogens (tertiary/aromatic N) is 1. The van der Waals surface area contributed by atoms with Crippen molar-refractivity contribution in [2.75, 3.05) is 0 Å². The van der Waals surface area contributed by atoms with Crippen molar-refractivity contribution in [3.63, 3.8) is 0 Å². The van der Waals surface area contributed by atoms with Crippen molar-refractivity contribution in [1.29, 1.82) is 0 Å². The average Bonchev–Trinajstić information content (AvgIpc) is 2.18. The Hall–Kier alpha value is -1.58. The lowest BCUT2D eigenvalue weighted by Gasteiger charge is -2.03. The first-order chi connectivity index (χ1) is 7.00. The third-order valence-electron chi connectivity index (χ3n) is 1.77. The molecule has 0 atom stereocenters. The van der Waals surface area contributed by atoms with Crippen LogP contribution in [0.5, 0.6) is 0 Å². The van der Waals surface area contributed by atoms with Crippen molar-refractivity contribution in [3.8, 4) is 0 Å². The van der Waals surface area contributed by atoms with E-state index < -0.39 is 11.7 Å². The molecule has 0 aliphatic carbocycles. The number of pyridine rings is 1. The minimum Gasteiger partial charge on any atom is -0.264 e. The summed E-state index contributed by atoms with van der Waals surface area (Å²) in [5, 5.41) is 0. The number of aromatic nitrogens is 1. The zero-order valence-electron chi connectivity index (χ0n) is 8.12. The molecule has 0 bridgehead atoms. The van der Waals surface area contributed by atoms with Gasteiger partial charge in [0, 0.05) is 18.0 Å². The molecule has 0 amide bonds. The summed E-state index contributed by atoms with van der Waals surface area (Å²) < 4.78 is 36.2. The molecule has 0 fully saturated rings. The topological polar surface area (TPSA) is 12.9 Å². The fourth-order valence-electron chi connectivity index (χ4n) is 0.873. The quantitative estimate of drug-likeness (QED) is 0.684. The van der Waals surface area contributed by atoms with Gasteiger partial charge in [-0.05, 0) is 18.6 Å². The van der Waals surface area contributed by atoms with Crippen molar-refractivity contribution >= 4 is 6.08 Å². The van der Waals surface area contributed by atoms with Crippen LogP contribution < -0.4 is 0 Å². The Morgan fingerprint density at radius 3 is 2.67 bits per heavy atom. The molecule has 0 radical (unpaired) electrons. The van der Waals surface area contributed by atoms with E-state index in [1.54, 1.807) is 30.6 Å². The van der Waals surface area contributed by atoms with Gasteiger partial charge in [-0.15, -0.1) is 0 Å². The number of halogens is 3. The third-order valence-corrected chi connectivity index (χ3v) is 1.77. The smallest absolute Gasteiger partial charge is 0.264 e. The zero-order valence-corrected chi connectivity index (χ0v) is 8.12. The van der Waals surface area contributed by atoms with Gasteiger partial charge in [0.2, 0.25) is 0 Å². The highest BCUT2D eigenvalue weighted by molar-refractivity contribution is 5.49. The van der Waals surface area contributed by atoms with E-state index in [0.717, 1.165) is 18.6 Å². The number of hydrogen-bond donors (Lipinski definition) is 0. The average molecular weight is 213 g/mol. The minimum atomic E-state index is -4.25. The van der Waals surface area contributed by atoms with Gasteiger partial charge in [0.05, 0.1) is 0 Å². The van der Waals surface area contributed by atoms with E-state index in [0.29, 0.717) is 0 Å². The van der Waals surface area contributed by atoms with Gasteiger partial charge in [-0.25, -0.2) is 0 Å². The largest absolute Gasteiger partial charge is 0.412 e. The van der Waals surface area contributed by atoms with E-state index in [1.807, 2.05) is 0 Å². The zero-order chi connectivity index (χ0) is 11.3. The standard InChI is InChI=1S/C11H10F3N/c1-9(11(12,13)14)4-2-5-10-6-3-7-15-8-10/h2-8H,1H3/b5-2+,9-4+. The van der Waals surface area contributed by atoms with Crippen LogP contribution in [-0.4, -0.2) is 11.2 Å². The first-order valence-electron chi connectivity index (χ1n) is 4.32. The molecule has 1 heterocycles. The third kappa shape index (κ3) is 3.97. The van der Waals surface area contributed by atoms with E-state index in [4.69, 9.17) is 0 Å². The Labute approximate surface area is 86.0 Å². The molecule has 1 rings (SSSR count). The number of hydrogen-bond acceptors (Lipinski definition) is 1. The molecule has 0 aliphatic heterocycles. The Balaban J connectivity index is 2.69. The summed E-state index contributed by atoms with van der Waals surface area (Å²) in [5.41, 5.74) is 0.145. The SMILES string of the molecule is C/C(=C\C=C\c1cccnc1)C(F)(F)F. The van der Waals surface area contributed by atoms with Crippen LogP contribution in [0.3, 0.4) is 0 Å². The minimum absolute atomic E-state index is 0.623. The van der Waals surface area contributed by atoms with E-state index in [-0.39, 0.29) is 0 Å². The second kappa shape index (κ2) is 4.77. The lowest BCUT2D eigenvalue weighted by molar-refractivity contribution is -0.0912. The molecule has 1 aromatic heterocycles. The molecular weight excluding hydrogens is 203 g/mol. The van der Waals surface area contributed by atoms with Crippen LogP contribution in [0.1, 0.15) is 12.5 Å². The van der Waals surface area contributed by atoms with Gasteiger partial charge >= 0.3 is 6.18 Å². The second-order valence-electron chi connectivity index (χ2n) is 2.99. The lowest BCUT2D eigenvalue weighted by Crippen LogP contribution is -2.08. The summed E-state index contributed by atoms with van der Waals surface area (Å²) >= 11 is 0. The highest BCUT2D eigenvalue weighted by atomic mass is 19.4. The number of rotatable bonds is 2. The molecule has 0 spiro atoms. The predicted octanol–water partition coefficient (Wildman–Crippen LogP) is 3.60. The van der Waals surface area contributed by atoms with Crippen LogP contribution in [0.25, 0.3) is 6.08 Å². The van der Waals surface area contributed by atoms with Crippen LogP contribution in [0.4, 0.5) is 13.2 Å². The molecule has 15 heavy (non-hydrogen) atoms. The normalized spacial score (nSPS) is 13.5. The van der Waals surface area contributed by atoms with Gasteiger partial charge in [-0.3, -0.25) is 4.98 Å². The van der Waals surface area contributed by atoms with Gasteiger partial charge in [0.15, 0.2) is 0 Å². The Kier molecular flexibility index (Phi) is 3.66. The Morgan fingerprint density at radius 1 is 1.40 bits per heavy atom. The molecule has 80 valence electrons. The van der Waals surface area contributed by atoms with Crippen LogP contribution in [0, 0.1) is 0 Å². The Morgan fingerprint density at radius 2 is 2.13 bits per heavy atom. The molecule has 0 unspecified atom stereocenters. The summed E-state index contributed by atoms with van der Waals surface area (Å²) in [6.45, 7) is 1.04. The van der Waals surface area contributed by atoms with Crippen LogP contribution >= 0.6 is 0 Å². The van der Waals surface area contributed by atoms with Crippen molar-refractivity contribution in [3.05, 3.63) is 47.8 Å². The van der Waals surface area contributed by atoms with E-state index in [2.05, 4.69) is 4.98 Å². The fourth-order valence-corrected chi connectivity index (χ4v) is 0.873. The number of alkyl halides is 3. The van der Waals surface area contributed by atoms with Crippen LogP contribution in [-0.2, 0) is 0 Å². The van der Waals surface area contributed by atoms with E-state index >= 15 is 0 Å². The second-order valence-corrected chi connectivity index (χ2v) is 2.99. The van der Waals surface area contributed by atoms with E-state index in [1.165, 1.54) is 6.08 Å². The molecule has 1 nitrogen and oxygen atoms in total. The van der Waals surface area contributed by atoms with Gasteiger partial charge in [-0.1, -0.05) is 24.3 Å². The molecule has 0 saturated heterocycles. The highest BCUT2D eigenvalue weighted by Crippen LogP contribution is 2.24. The van der Waals surface area contributed by atoms with Crippen LogP contribution in [0.2, 0.25) is 0 Å². The summed E-state index contributed by atoms with van der Waals surface area (Å²) in [6.07, 6.45) is 2.90. The fraction of sp³-hybridized carbons (Fsp3) is 0.182. The summed E-state index contributed by atoms with van der Waals surface area (Å²) in [7, 11) is 0. The molecule has 0 saturated carbocycles. The van der Waals surface area contributed by atoms with Crippen LogP contribution in [0.15, 0.2) is 42.3 Å². The molecule has 0 aliphatic rings. The molecule has 0 N–H and O–H groups in total. The van der Waals surface area contributed by atoms with E-state index in [9.17, 15) is 13.2 Å². The maximum Gasteiger partial charge on any atom is 0.412 e. The molecule has 0 aromatic carbocycles.